The molecule has 4 nitrogen and oxygen atoms in total. The average molecular weight is 341 g/mol. The van der Waals surface area contributed by atoms with Crippen molar-refractivity contribution < 1.29 is 9.00 Å². The lowest BCUT2D eigenvalue weighted by molar-refractivity contribution is 0.197. The number of amides is 2. The maximum absolute atomic E-state index is 12.1. The Balaban J connectivity index is 1.69. The first-order valence-corrected chi connectivity index (χ1v) is 10.0. The summed E-state index contributed by atoms with van der Waals surface area (Å²) in [5.74, 6) is 1.04. The smallest absolute Gasteiger partial charge is 0.317 e. The molecule has 1 N–H and O–H groups in total. The molecule has 0 spiro atoms. The standard InChI is InChI=1S/C16H24N2O2S2/c1-13-10-18(11-14(2)21-13)16(19)17-8-9-22(20)12-15-6-4-3-5-7-15/h3-7,13-14H,8-12H2,1-2H3,(H,17,19)/t13-,14+,22-/m0/s1. The van der Waals surface area contributed by atoms with E-state index >= 15 is 0 Å². The van der Waals surface area contributed by atoms with Crippen LogP contribution in [-0.4, -0.2) is 51.0 Å². The summed E-state index contributed by atoms with van der Waals surface area (Å²) in [5.41, 5.74) is 1.07. The van der Waals surface area contributed by atoms with Crippen LogP contribution >= 0.6 is 11.8 Å². The third kappa shape index (κ3) is 5.65. The van der Waals surface area contributed by atoms with Gasteiger partial charge >= 0.3 is 6.03 Å². The molecule has 1 aromatic rings. The molecule has 1 aromatic carbocycles. The van der Waals surface area contributed by atoms with Crippen molar-refractivity contribution in [2.24, 2.45) is 0 Å². The molecule has 0 saturated carbocycles. The van der Waals surface area contributed by atoms with Crippen LogP contribution in [0.15, 0.2) is 30.3 Å². The topological polar surface area (TPSA) is 49.4 Å². The second-order valence-electron chi connectivity index (χ2n) is 5.67. The Kier molecular flexibility index (Phi) is 6.76. The molecule has 0 radical (unpaired) electrons. The maximum atomic E-state index is 12.1. The first-order valence-electron chi connectivity index (χ1n) is 7.61. The van der Waals surface area contributed by atoms with Gasteiger partial charge in [-0.3, -0.25) is 4.21 Å². The fourth-order valence-electron chi connectivity index (χ4n) is 2.56. The van der Waals surface area contributed by atoms with Crippen molar-refractivity contribution >= 4 is 28.6 Å². The molecule has 1 fully saturated rings. The maximum Gasteiger partial charge on any atom is 0.317 e. The van der Waals surface area contributed by atoms with Gasteiger partial charge in [-0.15, -0.1) is 0 Å². The predicted octanol–water partition coefficient (Wildman–Crippen LogP) is 2.47. The number of nitrogens with one attached hydrogen (secondary N) is 1. The Labute approximate surface area is 139 Å². The predicted molar refractivity (Wildman–Crippen MR) is 94.6 cm³/mol. The zero-order valence-corrected chi connectivity index (χ0v) is 14.8. The first-order chi connectivity index (χ1) is 10.5. The van der Waals surface area contributed by atoms with Crippen LogP contribution in [0.25, 0.3) is 0 Å². The van der Waals surface area contributed by atoms with Gasteiger partial charge in [0.1, 0.15) is 0 Å². The Hall–Kier alpha value is -1.01. The molecule has 2 amide bonds. The van der Waals surface area contributed by atoms with Crippen LogP contribution in [-0.2, 0) is 16.6 Å². The van der Waals surface area contributed by atoms with Crippen molar-refractivity contribution in [2.45, 2.75) is 30.1 Å². The molecular formula is C16H24N2O2S2. The molecule has 3 atom stereocenters. The lowest BCUT2D eigenvalue weighted by Gasteiger charge is -2.34. The molecule has 0 aromatic heterocycles. The molecule has 122 valence electrons. The third-order valence-corrected chi connectivity index (χ3v) is 6.03. The van der Waals surface area contributed by atoms with Crippen LogP contribution in [0.5, 0.6) is 0 Å². The van der Waals surface area contributed by atoms with Crippen molar-refractivity contribution in [3.05, 3.63) is 35.9 Å². The van der Waals surface area contributed by atoms with Crippen molar-refractivity contribution in [1.29, 1.82) is 0 Å². The summed E-state index contributed by atoms with van der Waals surface area (Å²) in [6.45, 7) is 6.33. The summed E-state index contributed by atoms with van der Waals surface area (Å²) in [5, 5.41) is 3.84. The molecule has 1 heterocycles. The number of rotatable bonds is 5. The Morgan fingerprint density at radius 1 is 1.27 bits per heavy atom. The monoisotopic (exact) mass is 340 g/mol. The minimum atomic E-state index is -0.944. The zero-order chi connectivity index (χ0) is 15.9. The van der Waals surface area contributed by atoms with Crippen LogP contribution in [0.4, 0.5) is 4.79 Å². The summed E-state index contributed by atoms with van der Waals surface area (Å²) in [6, 6.07) is 9.77. The third-order valence-electron chi connectivity index (χ3n) is 3.48. The van der Waals surface area contributed by atoms with Crippen molar-refractivity contribution in [3.63, 3.8) is 0 Å². The largest absolute Gasteiger partial charge is 0.337 e. The molecule has 0 unspecified atom stereocenters. The zero-order valence-electron chi connectivity index (χ0n) is 13.2. The SMILES string of the molecule is C[C@@H]1CN(C(=O)NCC[S@](=O)Cc2ccccc2)C[C@H](C)S1. The van der Waals surface area contributed by atoms with E-state index in [0.29, 0.717) is 28.6 Å². The molecule has 0 aliphatic carbocycles. The van der Waals surface area contributed by atoms with Gasteiger partial charge in [0, 0.05) is 52.4 Å². The second-order valence-corrected chi connectivity index (χ2v) is 9.13. The van der Waals surface area contributed by atoms with Gasteiger partial charge in [-0.05, 0) is 5.56 Å². The van der Waals surface area contributed by atoms with Crippen LogP contribution in [0, 0.1) is 0 Å². The van der Waals surface area contributed by atoms with Gasteiger partial charge in [0.25, 0.3) is 0 Å². The van der Waals surface area contributed by atoms with E-state index in [0.717, 1.165) is 18.7 Å². The molecule has 2 rings (SSSR count). The fraction of sp³-hybridized carbons (Fsp3) is 0.562. The van der Waals surface area contributed by atoms with E-state index in [4.69, 9.17) is 0 Å². The van der Waals surface area contributed by atoms with E-state index in [2.05, 4.69) is 19.2 Å². The van der Waals surface area contributed by atoms with Crippen LogP contribution in [0.2, 0.25) is 0 Å². The Bertz CT molecular complexity index is 500. The van der Waals surface area contributed by atoms with E-state index in [-0.39, 0.29) is 6.03 Å². The highest BCUT2D eigenvalue weighted by molar-refractivity contribution is 8.00. The number of thioether (sulfide) groups is 1. The second kappa shape index (κ2) is 8.58. The van der Waals surface area contributed by atoms with Gasteiger partial charge in [-0.25, -0.2) is 4.79 Å². The van der Waals surface area contributed by atoms with Gasteiger partial charge in [-0.2, -0.15) is 11.8 Å². The van der Waals surface area contributed by atoms with E-state index in [9.17, 15) is 9.00 Å². The summed E-state index contributed by atoms with van der Waals surface area (Å²) in [6.07, 6.45) is 0. The van der Waals surface area contributed by atoms with Gasteiger partial charge in [0.05, 0.1) is 0 Å². The lowest BCUT2D eigenvalue weighted by Crippen LogP contribution is -2.49. The minimum Gasteiger partial charge on any atom is -0.337 e. The van der Waals surface area contributed by atoms with Crippen molar-refractivity contribution in [2.75, 3.05) is 25.4 Å². The number of hydrogen-bond acceptors (Lipinski definition) is 3. The fourth-order valence-corrected chi connectivity index (χ4v) is 4.92. The number of nitrogens with zero attached hydrogens (tertiary/aromatic N) is 1. The Morgan fingerprint density at radius 3 is 2.55 bits per heavy atom. The minimum absolute atomic E-state index is 0.0317. The molecule has 1 aliphatic rings. The van der Waals surface area contributed by atoms with Gasteiger partial charge in [0.15, 0.2) is 0 Å². The molecular weight excluding hydrogens is 316 g/mol. The van der Waals surface area contributed by atoms with Crippen LogP contribution in [0.3, 0.4) is 0 Å². The molecule has 1 aliphatic heterocycles. The Morgan fingerprint density at radius 2 is 1.91 bits per heavy atom. The highest BCUT2D eigenvalue weighted by Crippen LogP contribution is 2.24. The summed E-state index contributed by atoms with van der Waals surface area (Å²) < 4.78 is 12.0. The van der Waals surface area contributed by atoms with E-state index in [1.54, 1.807) is 0 Å². The highest BCUT2D eigenvalue weighted by Gasteiger charge is 2.25. The number of carbonyl (C=O) groups excluding carboxylic acids is 1. The number of benzene rings is 1. The molecule has 1 saturated heterocycles. The van der Waals surface area contributed by atoms with E-state index in [1.807, 2.05) is 47.0 Å². The van der Waals surface area contributed by atoms with Gasteiger partial charge in [-0.1, -0.05) is 44.2 Å². The number of urea groups is 1. The average Bonchev–Trinajstić information content (AvgIpc) is 2.47. The summed E-state index contributed by atoms with van der Waals surface area (Å²) in [4.78, 5) is 14.0. The van der Waals surface area contributed by atoms with Crippen molar-refractivity contribution in [1.82, 2.24) is 10.2 Å². The van der Waals surface area contributed by atoms with Crippen LogP contribution in [0.1, 0.15) is 19.4 Å². The molecule has 22 heavy (non-hydrogen) atoms. The molecule has 0 bridgehead atoms. The van der Waals surface area contributed by atoms with E-state index < -0.39 is 10.8 Å². The lowest BCUT2D eigenvalue weighted by atomic mass is 10.2. The van der Waals surface area contributed by atoms with Gasteiger partial charge < -0.3 is 10.2 Å². The summed E-state index contributed by atoms with van der Waals surface area (Å²) >= 11 is 1.92. The number of hydrogen-bond donors (Lipinski definition) is 1. The van der Waals surface area contributed by atoms with Crippen LogP contribution < -0.4 is 5.32 Å². The molecule has 6 heteroatoms. The normalized spacial score (nSPS) is 23.1. The number of carbonyl (C=O) groups is 1. The van der Waals surface area contributed by atoms with E-state index in [1.165, 1.54) is 0 Å². The quantitative estimate of drug-likeness (QED) is 0.896. The highest BCUT2D eigenvalue weighted by atomic mass is 32.2. The first kappa shape index (κ1) is 17.3. The summed E-state index contributed by atoms with van der Waals surface area (Å²) in [7, 11) is -0.944. The van der Waals surface area contributed by atoms with Gasteiger partial charge in [0.2, 0.25) is 0 Å². The van der Waals surface area contributed by atoms with Crippen molar-refractivity contribution in [3.8, 4) is 0 Å².